The molecule has 0 N–H and O–H groups in total. The molecule has 4 rings (SSSR count). The van der Waals surface area contributed by atoms with E-state index in [1.54, 1.807) is 13.4 Å². The van der Waals surface area contributed by atoms with Crippen molar-refractivity contribution < 1.29 is 9.15 Å². The van der Waals surface area contributed by atoms with Crippen molar-refractivity contribution in [1.29, 1.82) is 0 Å². The summed E-state index contributed by atoms with van der Waals surface area (Å²) >= 11 is 0. The van der Waals surface area contributed by atoms with Crippen LogP contribution in [0.2, 0.25) is 0 Å². The predicted octanol–water partition coefficient (Wildman–Crippen LogP) is 3.39. The fraction of sp³-hybridized carbons (Fsp3) is 0.409. The number of methoxy groups -OCH3 is 1. The molecule has 7 nitrogen and oxygen atoms in total. The van der Waals surface area contributed by atoms with Gasteiger partial charge < -0.3 is 14.1 Å². The van der Waals surface area contributed by atoms with Crippen LogP contribution in [0, 0.1) is 20.8 Å². The van der Waals surface area contributed by atoms with Crippen molar-refractivity contribution in [3.05, 3.63) is 53.3 Å². The van der Waals surface area contributed by atoms with Gasteiger partial charge in [0.2, 0.25) is 5.89 Å². The molecule has 1 fully saturated rings. The summed E-state index contributed by atoms with van der Waals surface area (Å²) in [6, 6.07) is 7.80. The molecule has 3 heterocycles. The summed E-state index contributed by atoms with van der Waals surface area (Å²) in [4.78, 5) is 18.3. The smallest absolute Gasteiger partial charge is 0.230 e. The van der Waals surface area contributed by atoms with Crippen molar-refractivity contribution in [3.63, 3.8) is 0 Å². The van der Waals surface area contributed by atoms with E-state index < -0.39 is 0 Å². The molecule has 1 aliphatic heterocycles. The van der Waals surface area contributed by atoms with Crippen LogP contribution in [-0.4, -0.2) is 53.1 Å². The van der Waals surface area contributed by atoms with Gasteiger partial charge in [0.25, 0.3) is 0 Å². The van der Waals surface area contributed by atoms with Crippen molar-refractivity contribution in [3.8, 4) is 17.2 Å². The Balaban J connectivity index is 1.44. The first-order valence-electron chi connectivity index (χ1n) is 9.92. The summed E-state index contributed by atoms with van der Waals surface area (Å²) in [6.07, 6.45) is 1.65. The monoisotopic (exact) mass is 393 g/mol. The summed E-state index contributed by atoms with van der Waals surface area (Å²) in [5, 5.41) is 0. The minimum Gasteiger partial charge on any atom is -0.496 e. The molecule has 0 atom stereocenters. The fourth-order valence-corrected chi connectivity index (χ4v) is 3.69. The van der Waals surface area contributed by atoms with E-state index in [0.717, 1.165) is 72.6 Å². The van der Waals surface area contributed by atoms with E-state index in [0.29, 0.717) is 5.89 Å². The van der Waals surface area contributed by atoms with Crippen molar-refractivity contribution in [2.75, 3.05) is 38.2 Å². The number of nitrogens with zero attached hydrogens (tertiary/aromatic N) is 5. The van der Waals surface area contributed by atoms with Gasteiger partial charge in [-0.25, -0.2) is 15.0 Å². The maximum atomic E-state index is 5.96. The van der Waals surface area contributed by atoms with E-state index in [1.807, 2.05) is 38.1 Å². The highest BCUT2D eigenvalue weighted by molar-refractivity contribution is 5.63. The lowest BCUT2D eigenvalue weighted by atomic mass is 10.2. The predicted molar refractivity (Wildman–Crippen MR) is 112 cm³/mol. The minimum absolute atomic E-state index is 0.612. The van der Waals surface area contributed by atoms with Crippen molar-refractivity contribution in [2.45, 2.75) is 27.3 Å². The van der Waals surface area contributed by atoms with Crippen molar-refractivity contribution in [2.24, 2.45) is 0 Å². The van der Waals surface area contributed by atoms with Crippen molar-refractivity contribution >= 4 is 5.82 Å². The van der Waals surface area contributed by atoms with E-state index in [9.17, 15) is 0 Å². The third-order valence-corrected chi connectivity index (χ3v) is 5.58. The van der Waals surface area contributed by atoms with Gasteiger partial charge in [-0.3, -0.25) is 4.90 Å². The van der Waals surface area contributed by atoms with Gasteiger partial charge in [-0.2, -0.15) is 0 Å². The van der Waals surface area contributed by atoms with E-state index >= 15 is 0 Å². The average Bonchev–Trinajstić information content (AvgIpc) is 3.11. The van der Waals surface area contributed by atoms with Crippen LogP contribution < -0.4 is 9.64 Å². The Morgan fingerprint density at radius 1 is 1.03 bits per heavy atom. The van der Waals surface area contributed by atoms with Crippen LogP contribution in [0.1, 0.15) is 22.7 Å². The Hall–Kier alpha value is -2.93. The van der Waals surface area contributed by atoms with Crippen LogP contribution in [0.15, 0.2) is 35.0 Å². The van der Waals surface area contributed by atoms with Gasteiger partial charge in [0.1, 0.15) is 23.7 Å². The first-order chi connectivity index (χ1) is 14.1. The number of benzene rings is 1. The molecule has 152 valence electrons. The van der Waals surface area contributed by atoms with E-state index in [2.05, 4.69) is 26.7 Å². The van der Waals surface area contributed by atoms with Crippen LogP contribution in [0.25, 0.3) is 11.5 Å². The Kier molecular flexibility index (Phi) is 5.49. The van der Waals surface area contributed by atoms with Crippen LogP contribution in [0.5, 0.6) is 5.75 Å². The minimum atomic E-state index is 0.612. The third kappa shape index (κ3) is 3.96. The van der Waals surface area contributed by atoms with E-state index in [1.165, 1.54) is 0 Å². The number of aromatic nitrogens is 3. The Morgan fingerprint density at radius 3 is 2.55 bits per heavy atom. The number of oxazole rings is 1. The molecular weight excluding hydrogens is 366 g/mol. The Morgan fingerprint density at radius 2 is 1.79 bits per heavy atom. The zero-order valence-corrected chi connectivity index (χ0v) is 17.5. The van der Waals surface area contributed by atoms with Gasteiger partial charge >= 0.3 is 0 Å². The van der Waals surface area contributed by atoms with Gasteiger partial charge in [-0.05, 0) is 32.9 Å². The number of hydrogen-bond acceptors (Lipinski definition) is 7. The molecule has 1 aliphatic rings. The number of ether oxygens (including phenoxy) is 1. The lowest BCUT2D eigenvalue weighted by Crippen LogP contribution is -2.46. The zero-order valence-electron chi connectivity index (χ0n) is 17.5. The highest BCUT2D eigenvalue weighted by atomic mass is 16.5. The maximum Gasteiger partial charge on any atom is 0.230 e. The summed E-state index contributed by atoms with van der Waals surface area (Å²) in [5.41, 5.74) is 4.06. The second-order valence-corrected chi connectivity index (χ2v) is 7.39. The molecule has 2 aromatic heterocycles. The topological polar surface area (TPSA) is 67.5 Å². The summed E-state index contributed by atoms with van der Waals surface area (Å²) in [6.45, 7) is 10.7. The summed E-state index contributed by atoms with van der Waals surface area (Å²) in [5.74, 6) is 3.29. The van der Waals surface area contributed by atoms with Crippen LogP contribution >= 0.6 is 0 Å². The molecule has 7 heteroatoms. The van der Waals surface area contributed by atoms with E-state index in [4.69, 9.17) is 14.1 Å². The summed E-state index contributed by atoms with van der Waals surface area (Å²) in [7, 11) is 1.66. The molecule has 0 aliphatic carbocycles. The number of piperazine rings is 1. The zero-order chi connectivity index (χ0) is 20.4. The largest absolute Gasteiger partial charge is 0.496 e. The molecule has 29 heavy (non-hydrogen) atoms. The lowest BCUT2D eigenvalue weighted by molar-refractivity contribution is 0.245. The van der Waals surface area contributed by atoms with Gasteiger partial charge in [0.05, 0.1) is 18.4 Å². The molecule has 0 amide bonds. The van der Waals surface area contributed by atoms with Gasteiger partial charge in [0.15, 0.2) is 0 Å². The van der Waals surface area contributed by atoms with E-state index in [-0.39, 0.29) is 0 Å². The molecule has 0 saturated carbocycles. The van der Waals surface area contributed by atoms with Gasteiger partial charge in [0, 0.05) is 44.0 Å². The van der Waals surface area contributed by atoms with Crippen molar-refractivity contribution in [1.82, 2.24) is 19.9 Å². The molecule has 0 radical (unpaired) electrons. The van der Waals surface area contributed by atoms with Gasteiger partial charge in [-0.15, -0.1) is 0 Å². The highest BCUT2D eigenvalue weighted by Gasteiger charge is 2.22. The van der Waals surface area contributed by atoms with Gasteiger partial charge in [-0.1, -0.05) is 12.1 Å². The first-order valence-corrected chi connectivity index (χ1v) is 9.92. The normalized spacial score (nSPS) is 15.0. The van der Waals surface area contributed by atoms with Crippen LogP contribution in [-0.2, 0) is 6.54 Å². The number of hydrogen-bond donors (Lipinski definition) is 0. The lowest BCUT2D eigenvalue weighted by Gasteiger charge is -2.35. The second kappa shape index (κ2) is 8.21. The Labute approximate surface area is 171 Å². The fourth-order valence-electron chi connectivity index (χ4n) is 3.69. The second-order valence-electron chi connectivity index (χ2n) is 7.39. The number of anilines is 1. The number of aryl methyl sites for hydroxylation is 2. The molecule has 0 spiro atoms. The van der Waals surface area contributed by atoms with Crippen LogP contribution in [0.4, 0.5) is 5.82 Å². The maximum absolute atomic E-state index is 5.96. The molecular formula is C22H27N5O2. The standard InChI is InChI=1S/C22H27N5O2/c1-15-16(2)23-14-24-21(15)27-11-9-26(10-12-27)13-19-17(3)29-22(25-19)18-7-5-6-8-20(18)28-4/h5-8,14H,9-13H2,1-4H3. The highest BCUT2D eigenvalue weighted by Crippen LogP contribution is 2.30. The molecule has 3 aromatic rings. The first kappa shape index (κ1) is 19.4. The SMILES string of the molecule is COc1ccccc1-c1nc(CN2CCN(c3ncnc(C)c3C)CC2)c(C)o1. The van der Waals surface area contributed by atoms with Crippen LogP contribution in [0.3, 0.4) is 0 Å². The number of para-hydroxylation sites is 1. The average molecular weight is 393 g/mol. The number of rotatable bonds is 5. The third-order valence-electron chi connectivity index (χ3n) is 5.58. The molecule has 1 saturated heterocycles. The quantitative estimate of drug-likeness (QED) is 0.658. The summed E-state index contributed by atoms with van der Waals surface area (Å²) < 4.78 is 11.4. The molecule has 0 unspecified atom stereocenters. The molecule has 0 bridgehead atoms. The molecule has 1 aromatic carbocycles. The Bertz CT molecular complexity index is 993.